The average molecular weight is 191 g/mol. The van der Waals surface area contributed by atoms with Gasteiger partial charge in [-0.1, -0.05) is 20.3 Å². The first-order valence-electron chi connectivity index (χ1n) is 5.11. The monoisotopic (exact) mass is 191 g/mol. The Kier molecular flexibility index (Phi) is 3.65. The summed E-state index contributed by atoms with van der Waals surface area (Å²) in [6.45, 7) is 5.10. The Balaban J connectivity index is 2.37. The molecule has 0 aromatic rings. The third-order valence-electron chi connectivity index (χ3n) is 2.72. The molecule has 1 heterocycles. The van der Waals surface area contributed by atoms with Gasteiger partial charge in [-0.3, -0.25) is 0 Å². The van der Waals surface area contributed by atoms with Crippen LogP contribution in [0.5, 0.6) is 0 Å². The molecule has 1 unspecified atom stereocenters. The summed E-state index contributed by atoms with van der Waals surface area (Å²) >= 11 is 0. The first-order valence-corrected chi connectivity index (χ1v) is 5.11. The van der Waals surface area contributed by atoms with Gasteiger partial charge in [0.15, 0.2) is 0 Å². The van der Waals surface area contributed by atoms with Crippen LogP contribution in [-0.2, 0) is 0 Å². The first-order chi connectivity index (χ1) is 6.02. The number of hydrogen-bond donors (Lipinski definition) is 1. The fourth-order valence-electron chi connectivity index (χ4n) is 1.73. The summed E-state index contributed by atoms with van der Waals surface area (Å²) in [6, 6.07) is 0. The van der Waals surface area contributed by atoms with Gasteiger partial charge >= 0.3 is 0 Å². The van der Waals surface area contributed by atoms with E-state index in [4.69, 9.17) is 0 Å². The van der Waals surface area contributed by atoms with Gasteiger partial charge in [0.1, 0.15) is 0 Å². The zero-order valence-corrected chi connectivity index (χ0v) is 8.45. The fraction of sp³-hybridized carbons (Fsp3) is 1.00. The van der Waals surface area contributed by atoms with E-state index in [9.17, 15) is 8.78 Å². The number of rotatable bonds is 3. The van der Waals surface area contributed by atoms with Gasteiger partial charge in [-0.25, -0.2) is 8.78 Å². The summed E-state index contributed by atoms with van der Waals surface area (Å²) in [7, 11) is 0. The standard InChI is InChI=1S/C10H19F2N/c1-8(2)3-4-9-7-13-6-5-10(9,11)12/h8-9,13H,3-7H2,1-2H3. The Morgan fingerprint density at radius 2 is 2.15 bits per heavy atom. The molecule has 1 atom stereocenters. The van der Waals surface area contributed by atoms with Crippen LogP contribution in [0.3, 0.4) is 0 Å². The second-order valence-corrected chi connectivity index (χ2v) is 4.38. The molecular formula is C10H19F2N. The second kappa shape index (κ2) is 4.36. The normalized spacial score (nSPS) is 27.9. The van der Waals surface area contributed by atoms with E-state index in [1.165, 1.54) is 0 Å². The third-order valence-corrected chi connectivity index (χ3v) is 2.72. The Hall–Kier alpha value is -0.180. The minimum atomic E-state index is -2.43. The van der Waals surface area contributed by atoms with Gasteiger partial charge in [0.25, 0.3) is 5.92 Å². The van der Waals surface area contributed by atoms with Gasteiger partial charge in [0, 0.05) is 25.4 Å². The fourth-order valence-corrected chi connectivity index (χ4v) is 1.73. The van der Waals surface area contributed by atoms with E-state index in [1.54, 1.807) is 0 Å². The van der Waals surface area contributed by atoms with Gasteiger partial charge in [-0.05, 0) is 12.3 Å². The van der Waals surface area contributed by atoms with Gasteiger partial charge in [0.05, 0.1) is 0 Å². The molecule has 1 saturated heterocycles. The quantitative estimate of drug-likeness (QED) is 0.723. The lowest BCUT2D eigenvalue weighted by molar-refractivity contribution is -0.0818. The maximum atomic E-state index is 13.3. The summed E-state index contributed by atoms with van der Waals surface area (Å²) in [5, 5.41) is 3.03. The first kappa shape index (κ1) is 10.9. The van der Waals surface area contributed by atoms with Crippen LogP contribution < -0.4 is 5.32 Å². The van der Waals surface area contributed by atoms with E-state index < -0.39 is 11.8 Å². The SMILES string of the molecule is CC(C)CCC1CNCCC1(F)F. The molecule has 0 saturated carbocycles. The molecule has 0 aromatic heterocycles. The van der Waals surface area contributed by atoms with E-state index >= 15 is 0 Å². The van der Waals surface area contributed by atoms with E-state index in [2.05, 4.69) is 19.2 Å². The smallest absolute Gasteiger partial charge is 0.253 e. The molecule has 1 fully saturated rings. The summed E-state index contributed by atoms with van der Waals surface area (Å²) < 4.78 is 26.6. The maximum absolute atomic E-state index is 13.3. The van der Waals surface area contributed by atoms with Crippen LogP contribution in [-0.4, -0.2) is 19.0 Å². The molecule has 0 radical (unpaired) electrons. The highest BCUT2D eigenvalue weighted by atomic mass is 19.3. The Bertz CT molecular complexity index is 157. The molecular weight excluding hydrogens is 172 g/mol. The van der Waals surface area contributed by atoms with Crippen molar-refractivity contribution < 1.29 is 8.78 Å². The number of nitrogens with one attached hydrogen (secondary N) is 1. The van der Waals surface area contributed by atoms with E-state index in [0.29, 0.717) is 25.4 Å². The summed E-state index contributed by atoms with van der Waals surface area (Å²) in [5.74, 6) is -2.35. The summed E-state index contributed by atoms with van der Waals surface area (Å²) in [4.78, 5) is 0. The summed E-state index contributed by atoms with van der Waals surface area (Å²) in [6.07, 6.45) is 1.56. The van der Waals surface area contributed by atoms with Crippen molar-refractivity contribution in [1.29, 1.82) is 0 Å². The Morgan fingerprint density at radius 3 is 2.69 bits per heavy atom. The van der Waals surface area contributed by atoms with Gasteiger partial charge in [-0.15, -0.1) is 0 Å². The van der Waals surface area contributed by atoms with Crippen molar-refractivity contribution in [3.8, 4) is 0 Å². The van der Waals surface area contributed by atoms with Gasteiger partial charge < -0.3 is 5.32 Å². The predicted octanol–water partition coefficient (Wildman–Crippen LogP) is 2.67. The topological polar surface area (TPSA) is 12.0 Å². The molecule has 0 spiro atoms. The lowest BCUT2D eigenvalue weighted by Gasteiger charge is -2.32. The van der Waals surface area contributed by atoms with Crippen molar-refractivity contribution in [3.63, 3.8) is 0 Å². The molecule has 13 heavy (non-hydrogen) atoms. The molecule has 0 aliphatic carbocycles. The Labute approximate surface area is 78.9 Å². The highest BCUT2D eigenvalue weighted by molar-refractivity contribution is 4.84. The van der Waals surface area contributed by atoms with E-state index in [1.807, 2.05) is 0 Å². The van der Waals surface area contributed by atoms with Crippen LogP contribution in [0.4, 0.5) is 8.78 Å². The van der Waals surface area contributed by atoms with Gasteiger partial charge in [-0.2, -0.15) is 0 Å². The van der Waals surface area contributed by atoms with Crippen molar-refractivity contribution in [2.45, 2.75) is 39.0 Å². The number of halogens is 2. The van der Waals surface area contributed by atoms with Crippen LogP contribution in [0.2, 0.25) is 0 Å². The molecule has 1 N–H and O–H groups in total. The van der Waals surface area contributed by atoms with Gasteiger partial charge in [0.2, 0.25) is 0 Å². The average Bonchev–Trinajstić information content (AvgIpc) is 2.01. The summed E-state index contributed by atoms with van der Waals surface area (Å²) in [5.41, 5.74) is 0. The van der Waals surface area contributed by atoms with Crippen LogP contribution in [0.25, 0.3) is 0 Å². The minimum absolute atomic E-state index is 0.00968. The lowest BCUT2D eigenvalue weighted by atomic mass is 9.88. The number of piperidine rings is 1. The number of hydrogen-bond acceptors (Lipinski definition) is 1. The van der Waals surface area contributed by atoms with Crippen molar-refractivity contribution in [3.05, 3.63) is 0 Å². The van der Waals surface area contributed by atoms with Crippen molar-refractivity contribution in [2.75, 3.05) is 13.1 Å². The largest absolute Gasteiger partial charge is 0.316 e. The van der Waals surface area contributed by atoms with Crippen molar-refractivity contribution in [1.82, 2.24) is 5.32 Å². The van der Waals surface area contributed by atoms with Crippen molar-refractivity contribution in [2.24, 2.45) is 11.8 Å². The zero-order chi connectivity index (χ0) is 9.90. The van der Waals surface area contributed by atoms with E-state index in [0.717, 1.165) is 6.42 Å². The van der Waals surface area contributed by atoms with Crippen LogP contribution >= 0.6 is 0 Å². The Morgan fingerprint density at radius 1 is 1.46 bits per heavy atom. The molecule has 0 amide bonds. The third kappa shape index (κ3) is 3.22. The molecule has 0 aromatic carbocycles. The minimum Gasteiger partial charge on any atom is -0.316 e. The predicted molar refractivity (Wildman–Crippen MR) is 50.0 cm³/mol. The van der Waals surface area contributed by atoms with E-state index in [-0.39, 0.29) is 6.42 Å². The molecule has 0 bridgehead atoms. The maximum Gasteiger partial charge on any atom is 0.253 e. The number of alkyl halides is 2. The van der Waals surface area contributed by atoms with Crippen LogP contribution in [0.1, 0.15) is 33.1 Å². The molecule has 3 heteroatoms. The molecule has 1 aliphatic rings. The molecule has 1 rings (SSSR count). The molecule has 78 valence electrons. The molecule has 1 aliphatic heterocycles. The van der Waals surface area contributed by atoms with Crippen molar-refractivity contribution >= 4 is 0 Å². The second-order valence-electron chi connectivity index (χ2n) is 4.38. The van der Waals surface area contributed by atoms with Crippen LogP contribution in [0.15, 0.2) is 0 Å². The van der Waals surface area contributed by atoms with Crippen LogP contribution in [0, 0.1) is 11.8 Å². The zero-order valence-electron chi connectivity index (χ0n) is 8.45. The highest BCUT2D eigenvalue weighted by Gasteiger charge is 2.40. The molecule has 1 nitrogen and oxygen atoms in total. The lowest BCUT2D eigenvalue weighted by Crippen LogP contribution is -2.44. The highest BCUT2D eigenvalue weighted by Crippen LogP contribution is 2.34.